The first-order chi connectivity index (χ1) is 10.4. The van der Waals surface area contributed by atoms with E-state index in [0.29, 0.717) is 19.6 Å². The number of rotatable bonds is 4. The number of halogens is 1. The lowest BCUT2D eigenvalue weighted by Gasteiger charge is -2.33. The fourth-order valence-corrected chi connectivity index (χ4v) is 2.65. The molecule has 2 N–H and O–H groups in total. The second-order valence-corrected chi connectivity index (χ2v) is 6.85. The Morgan fingerprint density at radius 2 is 2.09 bits per heavy atom. The highest BCUT2D eigenvalue weighted by Gasteiger charge is 2.28. The zero-order valence-electron chi connectivity index (χ0n) is 13.5. The van der Waals surface area contributed by atoms with E-state index in [2.05, 4.69) is 31.4 Å². The average Bonchev–Trinajstić information content (AvgIpc) is 2.46. The second-order valence-electron chi connectivity index (χ2n) is 6.85. The van der Waals surface area contributed by atoms with Crippen molar-refractivity contribution in [2.24, 2.45) is 5.41 Å². The molecule has 1 amide bonds. The lowest BCUT2D eigenvalue weighted by molar-refractivity contribution is -0.123. The number of benzene rings is 1. The van der Waals surface area contributed by atoms with Crippen molar-refractivity contribution in [1.82, 2.24) is 10.6 Å². The number of ether oxygens (including phenoxy) is 1. The minimum absolute atomic E-state index is 0.0211. The summed E-state index contributed by atoms with van der Waals surface area (Å²) in [6.45, 7) is 8.21. The predicted octanol–water partition coefficient (Wildman–Crippen LogP) is 2.41. The molecule has 1 aliphatic heterocycles. The number of morpholine rings is 1. The Bertz CT molecular complexity index is 490. The molecule has 0 spiro atoms. The van der Waals surface area contributed by atoms with E-state index in [1.807, 2.05) is 0 Å². The van der Waals surface area contributed by atoms with Crippen molar-refractivity contribution < 1.29 is 13.9 Å². The first-order valence-corrected chi connectivity index (χ1v) is 7.72. The fourth-order valence-electron chi connectivity index (χ4n) is 2.65. The highest BCUT2D eigenvalue weighted by atomic mass is 19.1. The van der Waals surface area contributed by atoms with Crippen LogP contribution in [0.4, 0.5) is 4.39 Å². The zero-order chi connectivity index (χ0) is 16.2. The molecular weight excluding hydrogens is 283 g/mol. The lowest BCUT2D eigenvalue weighted by Crippen LogP contribution is -2.45. The molecule has 1 fully saturated rings. The van der Waals surface area contributed by atoms with Crippen LogP contribution in [0.1, 0.15) is 38.8 Å². The zero-order valence-corrected chi connectivity index (χ0v) is 13.5. The number of carbonyl (C=O) groups is 1. The maximum Gasteiger partial charge on any atom is 0.222 e. The Hall–Kier alpha value is -1.46. The van der Waals surface area contributed by atoms with Crippen LogP contribution in [0.15, 0.2) is 24.3 Å². The van der Waals surface area contributed by atoms with E-state index in [4.69, 9.17) is 4.74 Å². The van der Waals surface area contributed by atoms with Crippen LogP contribution in [0.3, 0.4) is 0 Å². The first kappa shape index (κ1) is 16.9. The van der Waals surface area contributed by atoms with Gasteiger partial charge in [-0.3, -0.25) is 4.79 Å². The molecule has 0 aromatic heterocycles. The molecule has 0 radical (unpaired) electrons. The third-order valence-electron chi connectivity index (χ3n) is 3.80. The monoisotopic (exact) mass is 308 g/mol. The molecule has 1 aromatic carbocycles. The highest BCUT2D eigenvalue weighted by molar-refractivity contribution is 5.77. The van der Waals surface area contributed by atoms with Gasteiger partial charge in [0.2, 0.25) is 5.91 Å². The number of carbonyl (C=O) groups excluding carboxylic acids is 1. The molecule has 2 atom stereocenters. The van der Waals surface area contributed by atoms with Crippen molar-refractivity contribution in [1.29, 1.82) is 0 Å². The molecule has 5 heteroatoms. The summed E-state index contributed by atoms with van der Waals surface area (Å²) in [6, 6.07) is 6.21. The van der Waals surface area contributed by atoms with E-state index >= 15 is 0 Å². The normalized spacial score (nSPS) is 20.5. The van der Waals surface area contributed by atoms with Crippen LogP contribution in [-0.4, -0.2) is 31.7 Å². The van der Waals surface area contributed by atoms with Crippen molar-refractivity contribution in [2.45, 2.75) is 39.3 Å². The maximum atomic E-state index is 13.1. The van der Waals surface area contributed by atoms with E-state index in [1.165, 1.54) is 12.1 Å². The number of amides is 1. The van der Waals surface area contributed by atoms with Crippen LogP contribution in [0.2, 0.25) is 0 Å². The summed E-state index contributed by atoms with van der Waals surface area (Å²) < 4.78 is 18.5. The van der Waals surface area contributed by atoms with E-state index in [9.17, 15) is 9.18 Å². The van der Waals surface area contributed by atoms with Crippen LogP contribution >= 0.6 is 0 Å². The van der Waals surface area contributed by atoms with Gasteiger partial charge in [0.1, 0.15) is 5.82 Å². The Labute approximate surface area is 131 Å². The summed E-state index contributed by atoms with van der Waals surface area (Å²) >= 11 is 0. The quantitative estimate of drug-likeness (QED) is 0.898. The summed E-state index contributed by atoms with van der Waals surface area (Å²) in [7, 11) is 0. The summed E-state index contributed by atoms with van der Waals surface area (Å²) in [4.78, 5) is 12.3. The smallest absolute Gasteiger partial charge is 0.222 e. The third-order valence-corrected chi connectivity index (χ3v) is 3.80. The number of hydrogen-bond donors (Lipinski definition) is 2. The molecule has 1 heterocycles. The second kappa shape index (κ2) is 7.20. The van der Waals surface area contributed by atoms with Gasteiger partial charge in [-0.2, -0.15) is 0 Å². The predicted molar refractivity (Wildman–Crippen MR) is 84.0 cm³/mol. The van der Waals surface area contributed by atoms with Crippen molar-refractivity contribution in [3.05, 3.63) is 35.6 Å². The largest absolute Gasteiger partial charge is 0.378 e. The summed E-state index contributed by atoms with van der Waals surface area (Å²) in [5.41, 5.74) is 0.749. The molecule has 2 rings (SSSR count). The molecule has 0 aliphatic carbocycles. The maximum absolute atomic E-state index is 13.1. The fraction of sp³-hybridized carbons (Fsp3) is 0.588. The van der Waals surface area contributed by atoms with Crippen LogP contribution < -0.4 is 10.6 Å². The summed E-state index contributed by atoms with van der Waals surface area (Å²) in [5.74, 6) is -0.293. The molecule has 0 saturated carbocycles. The van der Waals surface area contributed by atoms with Gasteiger partial charge < -0.3 is 15.4 Å². The van der Waals surface area contributed by atoms with E-state index in [1.54, 1.807) is 12.1 Å². The Morgan fingerprint density at radius 3 is 2.64 bits per heavy atom. The van der Waals surface area contributed by atoms with E-state index in [0.717, 1.165) is 12.1 Å². The van der Waals surface area contributed by atoms with Gasteiger partial charge in [-0.05, 0) is 23.1 Å². The van der Waals surface area contributed by atoms with Gasteiger partial charge >= 0.3 is 0 Å². The minimum Gasteiger partial charge on any atom is -0.378 e. The van der Waals surface area contributed by atoms with Crippen LogP contribution in [0.25, 0.3) is 0 Å². The van der Waals surface area contributed by atoms with Gasteiger partial charge in [0.05, 0.1) is 19.3 Å². The molecule has 1 saturated heterocycles. The Balaban J connectivity index is 2.03. The van der Waals surface area contributed by atoms with Crippen LogP contribution in [-0.2, 0) is 9.53 Å². The van der Waals surface area contributed by atoms with Gasteiger partial charge in [-0.25, -0.2) is 4.39 Å². The molecule has 0 bridgehead atoms. The minimum atomic E-state index is -0.272. The molecule has 1 aromatic rings. The average molecular weight is 308 g/mol. The molecule has 22 heavy (non-hydrogen) atoms. The molecule has 4 nitrogen and oxygen atoms in total. The van der Waals surface area contributed by atoms with Crippen LogP contribution in [0, 0.1) is 11.2 Å². The first-order valence-electron chi connectivity index (χ1n) is 7.72. The number of nitrogens with one attached hydrogen (secondary N) is 2. The Morgan fingerprint density at radius 1 is 1.41 bits per heavy atom. The van der Waals surface area contributed by atoms with Crippen molar-refractivity contribution in [3.8, 4) is 0 Å². The molecule has 2 unspecified atom stereocenters. The molecule has 1 aliphatic rings. The highest BCUT2D eigenvalue weighted by Crippen LogP contribution is 2.32. The van der Waals surface area contributed by atoms with Gasteiger partial charge in [0.25, 0.3) is 0 Å². The number of hydrogen-bond acceptors (Lipinski definition) is 3. The van der Waals surface area contributed by atoms with Crippen molar-refractivity contribution >= 4 is 5.91 Å². The third kappa shape index (κ3) is 4.78. The lowest BCUT2D eigenvalue weighted by atomic mass is 9.82. The van der Waals surface area contributed by atoms with Crippen molar-refractivity contribution in [2.75, 3.05) is 19.8 Å². The standard InChI is InChI=1S/C17H25FN2O2/c1-17(2,3)16(12-4-6-13(18)7-5-12)20-15(21)10-14-11-22-9-8-19-14/h4-7,14,16,19H,8-11H2,1-3H3,(H,20,21). The van der Waals surface area contributed by atoms with Gasteiger partial charge in [-0.15, -0.1) is 0 Å². The van der Waals surface area contributed by atoms with Gasteiger partial charge in [0.15, 0.2) is 0 Å². The topological polar surface area (TPSA) is 50.4 Å². The summed E-state index contributed by atoms with van der Waals surface area (Å²) in [6.07, 6.45) is 0.383. The molecular formula is C17H25FN2O2. The van der Waals surface area contributed by atoms with E-state index in [-0.39, 0.29) is 29.2 Å². The summed E-state index contributed by atoms with van der Waals surface area (Å²) in [5, 5.41) is 6.36. The van der Waals surface area contributed by atoms with E-state index < -0.39 is 0 Å². The van der Waals surface area contributed by atoms with Crippen LogP contribution in [0.5, 0.6) is 0 Å². The Kier molecular flexibility index (Phi) is 5.53. The molecule has 122 valence electrons. The van der Waals surface area contributed by atoms with Gasteiger partial charge in [0, 0.05) is 19.0 Å². The van der Waals surface area contributed by atoms with Gasteiger partial charge in [-0.1, -0.05) is 32.9 Å². The van der Waals surface area contributed by atoms with Crippen molar-refractivity contribution in [3.63, 3.8) is 0 Å². The SMILES string of the molecule is CC(C)(C)C(NC(=O)CC1COCCN1)c1ccc(F)cc1.